The normalized spacial score (nSPS) is 23.4. The number of nitriles is 1. The predicted molar refractivity (Wildman–Crippen MR) is 75.4 cm³/mol. The van der Waals surface area contributed by atoms with Gasteiger partial charge in [-0.05, 0) is 54.2 Å². The van der Waals surface area contributed by atoms with E-state index in [9.17, 15) is 5.26 Å². The van der Waals surface area contributed by atoms with Crippen LogP contribution in [0.1, 0.15) is 31.4 Å². The molecule has 4 aliphatic heterocycles. The molecule has 0 amide bonds. The van der Waals surface area contributed by atoms with Gasteiger partial charge in [0.2, 0.25) is 0 Å². The van der Waals surface area contributed by atoms with E-state index in [1.807, 2.05) is 0 Å². The SMILES string of the molecule is CC1=CC2=C(C#N)N3c4ccc(cc4)C3C=C1CC2. The quantitative estimate of drug-likeness (QED) is 0.691. The van der Waals surface area contributed by atoms with Crippen LogP contribution in [0.3, 0.4) is 0 Å². The van der Waals surface area contributed by atoms with Crippen molar-refractivity contribution in [2.24, 2.45) is 0 Å². The van der Waals surface area contributed by atoms with Gasteiger partial charge < -0.3 is 4.90 Å². The van der Waals surface area contributed by atoms with E-state index in [0.717, 1.165) is 24.2 Å². The van der Waals surface area contributed by atoms with Crippen LogP contribution < -0.4 is 4.90 Å². The third-order valence-corrected chi connectivity index (χ3v) is 4.36. The lowest BCUT2D eigenvalue weighted by Crippen LogP contribution is -2.32. The van der Waals surface area contributed by atoms with Gasteiger partial charge in [-0.3, -0.25) is 0 Å². The number of rotatable bonds is 0. The summed E-state index contributed by atoms with van der Waals surface area (Å²) < 4.78 is 0. The summed E-state index contributed by atoms with van der Waals surface area (Å²) in [6, 6.07) is 11.2. The van der Waals surface area contributed by atoms with Gasteiger partial charge in [0.1, 0.15) is 11.8 Å². The average Bonchev–Trinajstić information content (AvgIpc) is 2.42. The Morgan fingerprint density at radius 1 is 1.21 bits per heavy atom. The Morgan fingerprint density at radius 3 is 2.68 bits per heavy atom. The number of hydrogen-bond acceptors (Lipinski definition) is 2. The number of nitrogens with zero attached hydrogens (tertiary/aromatic N) is 2. The fourth-order valence-corrected chi connectivity index (χ4v) is 3.35. The van der Waals surface area contributed by atoms with Gasteiger partial charge in [-0.15, -0.1) is 0 Å². The van der Waals surface area contributed by atoms with Crippen molar-refractivity contribution < 1.29 is 0 Å². The van der Waals surface area contributed by atoms with Crippen molar-refractivity contribution in [3.63, 3.8) is 0 Å². The second kappa shape index (κ2) is 3.61. The van der Waals surface area contributed by atoms with E-state index in [1.54, 1.807) is 0 Å². The van der Waals surface area contributed by atoms with E-state index in [2.05, 4.69) is 54.3 Å². The summed E-state index contributed by atoms with van der Waals surface area (Å²) >= 11 is 0. The maximum absolute atomic E-state index is 9.61. The molecule has 1 unspecified atom stereocenters. The highest BCUT2D eigenvalue weighted by atomic mass is 15.2. The van der Waals surface area contributed by atoms with E-state index in [-0.39, 0.29) is 6.04 Å². The zero-order chi connectivity index (χ0) is 13.0. The van der Waals surface area contributed by atoms with Gasteiger partial charge >= 0.3 is 0 Å². The summed E-state index contributed by atoms with van der Waals surface area (Å²) in [7, 11) is 0. The monoisotopic (exact) mass is 246 g/mol. The number of hydrogen-bond donors (Lipinski definition) is 0. The van der Waals surface area contributed by atoms with Crippen LogP contribution in [0.25, 0.3) is 0 Å². The zero-order valence-electron chi connectivity index (χ0n) is 10.9. The average molecular weight is 246 g/mol. The first-order chi connectivity index (χ1) is 9.28. The lowest BCUT2D eigenvalue weighted by Gasteiger charge is -2.39. The van der Waals surface area contributed by atoms with E-state index in [4.69, 9.17) is 0 Å². The summed E-state index contributed by atoms with van der Waals surface area (Å²) in [6.45, 7) is 2.15. The van der Waals surface area contributed by atoms with Crippen molar-refractivity contribution in [2.75, 3.05) is 4.90 Å². The van der Waals surface area contributed by atoms with Crippen LogP contribution in [0, 0.1) is 11.3 Å². The van der Waals surface area contributed by atoms with Crippen molar-refractivity contribution in [1.82, 2.24) is 0 Å². The molecule has 6 rings (SSSR count). The first-order valence-electron chi connectivity index (χ1n) is 6.70. The Balaban J connectivity index is 2.04. The molecule has 2 nitrogen and oxygen atoms in total. The lowest BCUT2D eigenvalue weighted by molar-refractivity contribution is 0.751. The molecule has 0 saturated carbocycles. The van der Waals surface area contributed by atoms with Gasteiger partial charge in [-0.1, -0.05) is 24.3 Å². The van der Waals surface area contributed by atoms with E-state index < -0.39 is 0 Å². The third-order valence-electron chi connectivity index (χ3n) is 4.36. The number of fused-ring (bicyclic) bond motifs is 3. The Bertz CT molecular complexity index is 696. The first kappa shape index (κ1) is 10.6. The minimum atomic E-state index is 0.202. The Kier molecular flexibility index (Phi) is 2.02. The molecule has 4 heterocycles. The van der Waals surface area contributed by atoms with Crippen LogP contribution in [0.15, 0.2) is 58.8 Å². The molecule has 0 fully saturated rings. The maximum Gasteiger partial charge on any atom is 0.124 e. The summed E-state index contributed by atoms with van der Waals surface area (Å²) in [5.41, 5.74) is 7.15. The third kappa shape index (κ3) is 1.36. The molecule has 0 aromatic heterocycles. The fourth-order valence-electron chi connectivity index (χ4n) is 3.35. The second-order valence-corrected chi connectivity index (χ2v) is 5.41. The highest BCUT2D eigenvalue weighted by Crippen LogP contribution is 2.44. The Labute approximate surface area is 113 Å². The predicted octanol–water partition coefficient (Wildman–Crippen LogP) is 4.01. The maximum atomic E-state index is 9.61. The van der Waals surface area contributed by atoms with Crippen LogP contribution >= 0.6 is 0 Å². The van der Waals surface area contributed by atoms with Crippen LogP contribution in [0.2, 0.25) is 0 Å². The van der Waals surface area contributed by atoms with Gasteiger partial charge in [-0.2, -0.15) is 5.26 Å². The molecule has 1 atom stereocenters. The molecule has 92 valence electrons. The molecule has 0 spiro atoms. The molecule has 0 radical (unpaired) electrons. The molecule has 1 aliphatic carbocycles. The summed E-state index contributed by atoms with van der Waals surface area (Å²) in [4.78, 5) is 2.19. The Morgan fingerprint density at radius 2 is 2.00 bits per heavy atom. The zero-order valence-corrected chi connectivity index (χ0v) is 10.9. The standard InChI is InChI=1S/C17H14N2/c1-11-8-14-3-2-13(11)9-16-12-4-6-15(7-5-12)19(16)17(14)10-18/h4-9,16H,2-3H2,1H3. The molecule has 1 aromatic carbocycles. The molecule has 0 saturated heterocycles. The van der Waals surface area contributed by atoms with E-state index >= 15 is 0 Å². The van der Waals surface area contributed by atoms with Crippen LogP contribution in [-0.4, -0.2) is 0 Å². The van der Waals surface area contributed by atoms with Crippen molar-refractivity contribution >= 4 is 5.69 Å². The first-order valence-corrected chi connectivity index (χ1v) is 6.70. The highest BCUT2D eigenvalue weighted by Gasteiger charge is 2.32. The minimum absolute atomic E-state index is 0.202. The molecular weight excluding hydrogens is 232 g/mol. The van der Waals surface area contributed by atoms with Gasteiger partial charge in [0.05, 0.1) is 6.04 Å². The number of anilines is 1. The van der Waals surface area contributed by atoms with Gasteiger partial charge in [0.25, 0.3) is 0 Å². The molecular formula is C17H14N2. The molecule has 4 bridgehead atoms. The van der Waals surface area contributed by atoms with Gasteiger partial charge in [-0.25, -0.2) is 0 Å². The summed E-state index contributed by atoms with van der Waals surface area (Å²) in [6.07, 6.45) is 6.56. The highest BCUT2D eigenvalue weighted by molar-refractivity contribution is 5.67. The number of benzene rings is 1. The largest absolute Gasteiger partial charge is 0.322 e. The molecule has 2 heteroatoms. The smallest absolute Gasteiger partial charge is 0.124 e. The fraction of sp³-hybridized carbons (Fsp3) is 0.235. The Hall–Kier alpha value is -2.27. The van der Waals surface area contributed by atoms with Crippen molar-refractivity contribution in [1.29, 1.82) is 5.26 Å². The van der Waals surface area contributed by atoms with Crippen molar-refractivity contribution in [3.05, 3.63) is 64.4 Å². The second-order valence-electron chi connectivity index (χ2n) is 5.41. The minimum Gasteiger partial charge on any atom is -0.322 e. The molecule has 0 N–H and O–H groups in total. The summed E-state index contributed by atoms with van der Waals surface area (Å²) in [5, 5.41) is 9.61. The summed E-state index contributed by atoms with van der Waals surface area (Å²) in [5.74, 6) is 0. The lowest BCUT2D eigenvalue weighted by atomic mass is 9.84. The van der Waals surface area contributed by atoms with Crippen LogP contribution in [0.5, 0.6) is 0 Å². The van der Waals surface area contributed by atoms with Crippen molar-refractivity contribution in [2.45, 2.75) is 25.8 Å². The van der Waals surface area contributed by atoms with Gasteiger partial charge in [0.15, 0.2) is 0 Å². The van der Waals surface area contributed by atoms with Crippen molar-refractivity contribution in [3.8, 4) is 6.07 Å². The molecule has 5 aliphatic rings. The molecule has 19 heavy (non-hydrogen) atoms. The number of allylic oxidation sites excluding steroid dienone is 5. The van der Waals surface area contributed by atoms with E-state index in [1.165, 1.54) is 22.3 Å². The van der Waals surface area contributed by atoms with Crippen LogP contribution in [-0.2, 0) is 0 Å². The molecule has 1 aromatic rings. The van der Waals surface area contributed by atoms with E-state index in [0.29, 0.717) is 0 Å². The van der Waals surface area contributed by atoms with Crippen LogP contribution in [0.4, 0.5) is 5.69 Å². The topological polar surface area (TPSA) is 27.0 Å². The van der Waals surface area contributed by atoms with Gasteiger partial charge in [0, 0.05) is 5.69 Å².